The van der Waals surface area contributed by atoms with Gasteiger partial charge in [0, 0.05) is 12.1 Å². The molecule has 0 saturated carbocycles. The Balaban J connectivity index is 2.36. The van der Waals surface area contributed by atoms with Gasteiger partial charge in [0.2, 0.25) is 0 Å². The normalized spacial score (nSPS) is 11.7. The third kappa shape index (κ3) is 8.40. The number of hydrogen-bond acceptors (Lipinski definition) is 4. The first-order valence-electron chi connectivity index (χ1n) is 10.8. The largest absolute Gasteiger partial charge is 0.491 e. The molecule has 2 aromatic carbocycles. The summed E-state index contributed by atoms with van der Waals surface area (Å²) >= 11 is 0. The average molecular weight is 413 g/mol. The van der Waals surface area contributed by atoms with Crippen molar-refractivity contribution in [3.05, 3.63) is 47.5 Å². The topological polar surface area (TPSA) is 36.9 Å². The molecule has 0 aromatic heterocycles. The van der Waals surface area contributed by atoms with Gasteiger partial charge in [-0.25, -0.2) is 0 Å². The van der Waals surface area contributed by atoms with Crippen LogP contribution in [0.1, 0.15) is 66.5 Å². The predicted octanol–water partition coefficient (Wildman–Crippen LogP) is 7.01. The van der Waals surface area contributed by atoms with Gasteiger partial charge >= 0.3 is 0 Å². The lowest BCUT2D eigenvalue weighted by atomic mass is 10.1. The zero-order valence-corrected chi connectivity index (χ0v) is 19.6. The number of rotatable bonds is 10. The van der Waals surface area contributed by atoms with Crippen LogP contribution in [0.5, 0.6) is 23.0 Å². The van der Waals surface area contributed by atoms with Crippen molar-refractivity contribution < 1.29 is 18.9 Å². The molecule has 0 radical (unpaired) electrons. The predicted molar refractivity (Wildman–Crippen MR) is 125 cm³/mol. The van der Waals surface area contributed by atoms with Gasteiger partial charge in [-0.2, -0.15) is 0 Å². The first kappa shape index (κ1) is 23.7. The molecule has 30 heavy (non-hydrogen) atoms. The number of ether oxygens (including phenoxy) is 4. The van der Waals surface area contributed by atoms with Gasteiger partial charge in [-0.15, -0.1) is 0 Å². The van der Waals surface area contributed by atoms with E-state index in [4.69, 9.17) is 18.9 Å². The summed E-state index contributed by atoms with van der Waals surface area (Å²) < 4.78 is 23.6. The van der Waals surface area contributed by atoms with Gasteiger partial charge in [0.15, 0.2) is 0 Å². The fourth-order valence-electron chi connectivity index (χ4n) is 2.93. The molecule has 0 bridgehead atoms. The number of benzene rings is 2. The Hall–Kier alpha value is -2.62. The first-order chi connectivity index (χ1) is 14.1. The molecule has 0 amide bonds. The van der Waals surface area contributed by atoms with Gasteiger partial charge in [-0.05, 0) is 90.8 Å². The molecular weight excluding hydrogens is 376 g/mol. The summed E-state index contributed by atoms with van der Waals surface area (Å²) in [5.41, 5.74) is 2.01. The standard InChI is InChI=1S/C26H36O4/c1-17(2)27-23-11-21(12-24(15-23)28-18(3)4)9-10-22-13-25(29-19(5)6)16-26(14-22)30-20(7)8/h9-20H,1-8H3. The van der Waals surface area contributed by atoms with E-state index in [-0.39, 0.29) is 24.4 Å². The van der Waals surface area contributed by atoms with Gasteiger partial charge < -0.3 is 18.9 Å². The quantitative estimate of drug-likeness (QED) is 0.393. The van der Waals surface area contributed by atoms with Crippen molar-refractivity contribution >= 4 is 12.2 Å². The summed E-state index contributed by atoms with van der Waals surface area (Å²) in [6.07, 6.45) is 4.48. The fraction of sp³-hybridized carbons (Fsp3) is 0.462. The van der Waals surface area contributed by atoms with Crippen LogP contribution in [0.4, 0.5) is 0 Å². The highest BCUT2D eigenvalue weighted by molar-refractivity contribution is 5.72. The van der Waals surface area contributed by atoms with Crippen molar-refractivity contribution in [2.75, 3.05) is 0 Å². The van der Waals surface area contributed by atoms with E-state index in [0.29, 0.717) is 0 Å². The molecule has 0 atom stereocenters. The van der Waals surface area contributed by atoms with Crippen LogP contribution in [-0.2, 0) is 0 Å². The van der Waals surface area contributed by atoms with E-state index in [9.17, 15) is 0 Å². The summed E-state index contributed by atoms with van der Waals surface area (Å²) in [6, 6.07) is 11.9. The Kier molecular flexibility index (Phi) is 8.64. The lowest BCUT2D eigenvalue weighted by Crippen LogP contribution is -2.08. The third-order valence-corrected chi connectivity index (χ3v) is 3.76. The lowest BCUT2D eigenvalue weighted by Gasteiger charge is -2.15. The Labute approximate surface area is 181 Å². The highest BCUT2D eigenvalue weighted by Gasteiger charge is 2.07. The zero-order chi connectivity index (χ0) is 22.3. The van der Waals surface area contributed by atoms with Crippen molar-refractivity contribution in [1.82, 2.24) is 0 Å². The van der Waals surface area contributed by atoms with Crippen LogP contribution in [0.3, 0.4) is 0 Å². The van der Waals surface area contributed by atoms with Crippen molar-refractivity contribution in [3.63, 3.8) is 0 Å². The lowest BCUT2D eigenvalue weighted by molar-refractivity contribution is 0.228. The van der Waals surface area contributed by atoms with Gasteiger partial charge in [0.1, 0.15) is 23.0 Å². The van der Waals surface area contributed by atoms with Gasteiger partial charge in [-0.3, -0.25) is 0 Å². The monoisotopic (exact) mass is 412 g/mol. The van der Waals surface area contributed by atoms with E-state index in [1.807, 2.05) is 104 Å². The summed E-state index contributed by atoms with van der Waals surface area (Å²) in [5.74, 6) is 3.18. The van der Waals surface area contributed by atoms with E-state index in [1.54, 1.807) is 0 Å². The van der Waals surface area contributed by atoms with E-state index in [2.05, 4.69) is 0 Å². The van der Waals surface area contributed by atoms with Crippen molar-refractivity contribution in [1.29, 1.82) is 0 Å². The minimum Gasteiger partial charge on any atom is -0.491 e. The molecule has 0 aliphatic heterocycles. The molecule has 0 N–H and O–H groups in total. The summed E-state index contributed by atoms with van der Waals surface area (Å²) in [5, 5.41) is 0. The molecule has 0 heterocycles. The Bertz CT molecular complexity index is 709. The van der Waals surface area contributed by atoms with Crippen molar-refractivity contribution in [2.45, 2.75) is 79.8 Å². The maximum absolute atomic E-state index is 5.90. The van der Waals surface area contributed by atoms with Crippen LogP contribution in [0.2, 0.25) is 0 Å². The maximum Gasteiger partial charge on any atom is 0.123 e. The molecule has 164 valence electrons. The molecule has 0 aliphatic rings. The first-order valence-corrected chi connectivity index (χ1v) is 10.8. The second-order valence-electron chi connectivity index (χ2n) is 8.48. The molecular formula is C26H36O4. The second-order valence-corrected chi connectivity index (χ2v) is 8.48. The number of hydrogen-bond donors (Lipinski definition) is 0. The smallest absolute Gasteiger partial charge is 0.123 e. The molecule has 0 aliphatic carbocycles. The molecule has 2 rings (SSSR count). The maximum atomic E-state index is 5.90. The third-order valence-electron chi connectivity index (χ3n) is 3.76. The Morgan fingerprint density at radius 3 is 0.867 bits per heavy atom. The molecule has 4 heteroatoms. The Morgan fingerprint density at radius 2 is 0.667 bits per heavy atom. The minimum atomic E-state index is 0.0942. The van der Waals surface area contributed by atoms with E-state index in [0.717, 1.165) is 34.1 Å². The molecule has 0 unspecified atom stereocenters. The van der Waals surface area contributed by atoms with Crippen LogP contribution >= 0.6 is 0 Å². The van der Waals surface area contributed by atoms with Crippen LogP contribution in [0, 0.1) is 0 Å². The van der Waals surface area contributed by atoms with E-state index < -0.39 is 0 Å². The average Bonchev–Trinajstić information content (AvgIpc) is 2.57. The zero-order valence-electron chi connectivity index (χ0n) is 19.6. The molecule has 0 saturated heterocycles. The van der Waals surface area contributed by atoms with Gasteiger partial charge in [0.05, 0.1) is 24.4 Å². The minimum absolute atomic E-state index is 0.0942. The van der Waals surface area contributed by atoms with Gasteiger partial charge in [0.25, 0.3) is 0 Å². The highest BCUT2D eigenvalue weighted by Crippen LogP contribution is 2.28. The molecule has 0 spiro atoms. The van der Waals surface area contributed by atoms with Crippen molar-refractivity contribution in [2.24, 2.45) is 0 Å². The SMILES string of the molecule is CC(C)Oc1cc(C=Cc2cc(OC(C)C)cc(OC(C)C)c2)cc(OC(C)C)c1. The molecule has 2 aromatic rings. The van der Waals surface area contributed by atoms with Gasteiger partial charge in [-0.1, -0.05) is 12.2 Å². The summed E-state index contributed by atoms with van der Waals surface area (Å²) in [6.45, 7) is 16.1. The van der Waals surface area contributed by atoms with Crippen molar-refractivity contribution in [3.8, 4) is 23.0 Å². The van der Waals surface area contributed by atoms with Crippen LogP contribution in [0.15, 0.2) is 36.4 Å². The second kappa shape index (κ2) is 11.0. The molecule has 4 nitrogen and oxygen atoms in total. The summed E-state index contributed by atoms with van der Waals surface area (Å²) in [7, 11) is 0. The van der Waals surface area contributed by atoms with E-state index >= 15 is 0 Å². The fourth-order valence-corrected chi connectivity index (χ4v) is 2.93. The van der Waals surface area contributed by atoms with Crippen LogP contribution in [0.25, 0.3) is 12.2 Å². The van der Waals surface area contributed by atoms with Crippen LogP contribution < -0.4 is 18.9 Å². The molecule has 0 fully saturated rings. The van der Waals surface area contributed by atoms with Crippen LogP contribution in [-0.4, -0.2) is 24.4 Å². The summed E-state index contributed by atoms with van der Waals surface area (Å²) in [4.78, 5) is 0. The van der Waals surface area contributed by atoms with E-state index in [1.165, 1.54) is 0 Å². The highest BCUT2D eigenvalue weighted by atomic mass is 16.5. The Morgan fingerprint density at radius 1 is 0.433 bits per heavy atom.